The van der Waals surface area contributed by atoms with Gasteiger partial charge in [0.15, 0.2) is 11.6 Å². The van der Waals surface area contributed by atoms with E-state index in [-0.39, 0.29) is 0 Å². The molecule has 5 rings (SSSR count). The van der Waals surface area contributed by atoms with Crippen molar-refractivity contribution in [3.63, 3.8) is 0 Å². The van der Waals surface area contributed by atoms with Gasteiger partial charge in [-0.25, -0.2) is 0 Å². The summed E-state index contributed by atoms with van der Waals surface area (Å²) in [6.07, 6.45) is -2.03. The molecule has 0 aromatic heterocycles. The van der Waals surface area contributed by atoms with Gasteiger partial charge in [-0.15, -0.1) is 0 Å². The Morgan fingerprint density at radius 1 is 0.848 bits per heavy atom. The third-order valence-corrected chi connectivity index (χ3v) is 9.05. The smallest absolute Gasteiger partial charge is 0.256 e. The second-order valence-corrected chi connectivity index (χ2v) is 12.4. The SMILES string of the molecule is Cc1ccc(N[C@H]2[C@H]3OC(C)(C)O[C@H]3[C@@H]([C@H]3COC(C)(C)O3)O[P@@]2(=O)c2ccccc2)cc1. The quantitative estimate of drug-likeness (QED) is 0.660. The first kappa shape index (κ1) is 23.0. The van der Waals surface area contributed by atoms with Crippen molar-refractivity contribution in [3.8, 4) is 0 Å². The van der Waals surface area contributed by atoms with Crippen molar-refractivity contribution >= 4 is 18.4 Å². The minimum Gasteiger partial charge on any atom is -0.371 e. The summed E-state index contributed by atoms with van der Waals surface area (Å²) in [7, 11) is -3.48. The van der Waals surface area contributed by atoms with Crippen molar-refractivity contribution in [2.45, 2.75) is 76.4 Å². The second-order valence-electron chi connectivity index (χ2n) is 9.89. The van der Waals surface area contributed by atoms with Crippen LogP contribution in [0.2, 0.25) is 0 Å². The molecule has 3 aliphatic rings. The van der Waals surface area contributed by atoms with Gasteiger partial charge < -0.3 is 28.8 Å². The average molecular weight is 474 g/mol. The molecule has 0 amide bonds. The van der Waals surface area contributed by atoms with Crippen LogP contribution in [0, 0.1) is 6.92 Å². The highest BCUT2D eigenvalue weighted by molar-refractivity contribution is 7.68. The van der Waals surface area contributed by atoms with Gasteiger partial charge in [-0.3, -0.25) is 4.57 Å². The number of nitrogens with one attached hydrogen (secondary N) is 1. The molecular formula is C25H32NO6P. The lowest BCUT2D eigenvalue weighted by Gasteiger charge is -2.44. The first-order valence-corrected chi connectivity index (χ1v) is 13.1. The van der Waals surface area contributed by atoms with E-state index in [2.05, 4.69) is 5.32 Å². The van der Waals surface area contributed by atoms with Gasteiger partial charge in [0.25, 0.3) is 7.37 Å². The van der Waals surface area contributed by atoms with Gasteiger partial charge >= 0.3 is 0 Å². The third-order valence-electron chi connectivity index (χ3n) is 6.32. The number of fused-ring (bicyclic) bond motifs is 1. The highest BCUT2D eigenvalue weighted by Gasteiger charge is 2.62. The lowest BCUT2D eigenvalue weighted by molar-refractivity contribution is -0.174. The maximum Gasteiger partial charge on any atom is 0.256 e. The minimum atomic E-state index is -3.48. The van der Waals surface area contributed by atoms with Gasteiger partial charge in [0, 0.05) is 11.0 Å². The minimum absolute atomic E-state index is 0.329. The molecule has 8 heteroatoms. The summed E-state index contributed by atoms with van der Waals surface area (Å²) in [6.45, 7) is 9.83. The Balaban J connectivity index is 1.57. The van der Waals surface area contributed by atoms with Crippen LogP contribution in [0.1, 0.15) is 33.3 Å². The van der Waals surface area contributed by atoms with E-state index in [1.165, 1.54) is 0 Å². The van der Waals surface area contributed by atoms with Crippen LogP contribution in [0.5, 0.6) is 0 Å². The Morgan fingerprint density at radius 3 is 2.15 bits per heavy atom. The van der Waals surface area contributed by atoms with Crippen LogP contribution in [0.3, 0.4) is 0 Å². The Bertz CT molecular complexity index is 1040. The molecule has 0 unspecified atom stereocenters. The fourth-order valence-electron chi connectivity index (χ4n) is 4.82. The maximum absolute atomic E-state index is 14.8. The van der Waals surface area contributed by atoms with Gasteiger partial charge in [-0.1, -0.05) is 35.9 Å². The van der Waals surface area contributed by atoms with Gasteiger partial charge in [0.05, 0.1) is 6.61 Å². The predicted octanol–water partition coefficient (Wildman–Crippen LogP) is 4.41. The van der Waals surface area contributed by atoms with E-state index in [1.54, 1.807) is 0 Å². The van der Waals surface area contributed by atoms with Gasteiger partial charge in [-0.2, -0.15) is 0 Å². The van der Waals surface area contributed by atoms with E-state index in [1.807, 2.05) is 89.2 Å². The monoisotopic (exact) mass is 473 g/mol. The molecule has 2 aromatic carbocycles. The van der Waals surface area contributed by atoms with E-state index in [4.69, 9.17) is 23.5 Å². The molecule has 1 N–H and O–H groups in total. The van der Waals surface area contributed by atoms with Crippen LogP contribution in [0.15, 0.2) is 54.6 Å². The van der Waals surface area contributed by atoms with Crippen LogP contribution in [-0.2, 0) is 28.0 Å². The molecule has 0 bridgehead atoms. The molecule has 0 radical (unpaired) electrons. The molecule has 3 saturated heterocycles. The van der Waals surface area contributed by atoms with Crippen molar-refractivity contribution in [1.29, 1.82) is 0 Å². The largest absolute Gasteiger partial charge is 0.371 e. The molecule has 0 spiro atoms. The Labute approximate surface area is 195 Å². The molecule has 6 atom stereocenters. The van der Waals surface area contributed by atoms with E-state index in [0.29, 0.717) is 11.9 Å². The molecule has 3 aliphatic heterocycles. The molecule has 178 valence electrons. The first-order valence-electron chi connectivity index (χ1n) is 11.4. The Morgan fingerprint density at radius 2 is 1.52 bits per heavy atom. The number of aryl methyl sites for hydroxylation is 1. The predicted molar refractivity (Wildman–Crippen MR) is 126 cm³/mol. The normalized spacial score (nSPS) is 36.9. The highest BCUT2D eigenvalue weighted by atomic mass is 31.2. The van der Waals surface area contributed by atoms with E-state index < -0.39 is 49.1 Å². The van der Waals surface area contributed by atoms with Gasteiger partial charge in [0.2, 0.25) is 0 Å². The molecule has 33 heavy (non-hydrogen) atoms. The fraction of sp³-hybridized carbons (Fsp3) is 0.520. The van der Waals surface area contributed by atoms with Crippen LogP contribution < -0.4 is 10.6 Å². The number of hydrogen-bond donors (Lipinski definition) is 1. The summed E-state index contributed by atoms with van der Waals surface area (Å²) in [5.41, 5.74) is 1.99. The Kier molecular flexibility index (Phi) is 5.72. The van der Waals surface area contributed by atoms with Crippen molar-refractivity contribution in [1.82, 2.24) is 0 Å². The zero-order valence-electron chi connectivity index (χ0n) is 19.7. The first-order chi connectivity index (χ1) is 15.6. The lowest BCUT2D eigenvalue weighted by atomic mass is 10.0. The average Bonchev–Trinajstić information content (AvgIpc) is 3.30. The standard InChI is InChI=1S/C25H32NO6P/c1-16-11-13-17(14-12-16)26-23-22-21(30-25(4,5)31-22)20(19-15-28-24(2,3)29-19)32-33(23,27)18-9-7-6-8-10-18/h6-14,19-23,26H,15H2,1-5H3/t19-,20-,21+,22+,23-,33+/m1/s1. The zero-order valence-corrected chi connectivity index (χ0v) is 20.6. The summed E-state index contributed by atoms with van der Waals surface area (Å²) < 4.78 is 46.0. The van der Waals surface area contributed by atoms with E-state index >= 15 is 0 Å². The summed E-state index contributed by atoms with van der Waals surface area (Å²) in [6, 6.07) is 17.3. The van der Waals surface area contributed by atoms with Crippen LogP contribution >= 0.6 is 7.37 Å². The topological polar surface area (TPSA) is 75.2 Å². The number of hydrogen-bond acceptors (Lipinski definition) is 7. The highest BCUT2D eigenvalue weighted by Crippen LogP contribution is 2.61. The van der Waals surface area contributed by atoms with Crippen LogP contribution in [-0.4, -0.2) is 48.4 Å². The summed E-state index contributed by atoms with van der Waals surface area (Å²) in [4.78, 5) is 0. The van der Waals surface area contributed by atoms with Crippen molar-refractivity contribution in [2.75, 3.05) is 11.9 Å². The number of benzene rings is 2. The van der Waals surface area contributed by atoms with E-state index in [0.717, 1.165) is 11.3 Å². The summed E-state index contributed by atoms with van der Waals surface area (Å²) in [5, 5.41) is 4.10. The van der Waals surface area contributed by atoms with Crippen molar-refractivity contribution < 1.29 is 28.0 Å². The van der Waals surface area contributed by atoms with Crippen molar-refractivity contribution in [2.24, 2.45) is 0 Å². The van der Waals surface area contributed by atoms with E-state index in [9.17, 15) is 4.57 Å². The summed E-state index contributed by atoms with van der Waals surface area (Å²) in [5.74, 6) is -2.24. The maximum atomic E-state index is 14.8. The molecule has 0 saturated carbocycles. The number of rotatable bonds is 4. The van der Waals surface area contributed by atoms with Gasteiger partial charge in [-0.05, 0) is 58.9 Å². The zero-order chi connectivity index (χ0) is 23.4. The number of anilines is 1. The molecular weight excluding hydrogens is 441 g/mol. The molecule has 3 fully saturated rings. The van der Waals surface area contributed by atoms with Crippen molar-refractivity contribution in [3.05, 3.63) is 60.2 Å². The number of ether oxygens (including phenoxy) is 4. The third kappa shape index (κ3) is 4.39. The molecule has 2 aromatic rings. The van der Waals surface area contributed by atoms with Crippen LogP contribution in [0.25, 0.3) is 0 Å². The molecule has 7 nitrogen and oxygen atoms in total. The molecule has 0 aliphatic carbocycles. The van der Waals surface area contributed by atoms with Crippen LogP contribution in [0.4, 0.5) is 5.69 Å². The second kappa shape index (κ2) is 8.19. The lowest BCUT2D eigenvalue weighted by Crippen LogP contribution is -2.57. The summed E-state index contributed by atoms with van der Waals surface area (Å²) >= 11 is 0. The molecule has 3 heterocycles. The fourth-order valence-corrected chi connectivity index (χ4v) is 7.53. The Hall–Kier alpha value is -1.73. The van der Waals surface area contributed by atoms with Gasteiger partial charge in [0.1, 0.15) is 30.2 Å².